The number of aromatic nitrogens is 2. The van der Waals surface area contributed by atoms with E-state index in [0.717, 1.165) is 24.7 Å². The van der Waals surface area contributed by atoms with Gasteiger partial charge in [-0.1, -0.05) is 0 Å². The van der Waals surface area contributed by atoms with Crippen molar-refractivity contribution in [1.82, 2.24) is 19.8 Å². The number of nitrogens with zero attached hydrogens (tertiary/aromatic N) is 4. The van der Waals surface area contributed by atoms with Crippen molar-refractivity contribution < 1.29 is 0 Å². The first-order valence-corrected chi connectivity index (χ1v) is 6.57. The van der Waals surface area contributed by atoms with E-state index >= 15 is 0 Å². The highest BCUT2D eigenvalue weighted by atomic mass is 15.1. The van der Waals surface area contributed by atoms with Crippen molar-refractivity contribution >= 4 is 5.82 Å². The minimum Gasteiger partial charge on any atom is -0.382 e. The predicted octanol–water partition coefficient (Wildman–Crippen LogP) is 0.832. The first kappa shape index (κ1) is 13.2. The van der Waals surface area contributed by atoms with Crippen LogP contribution in [0.2, 0.25) is 0 Å². The molecule has 1 saturated heterocycles. The Bertz CT molecular complexity index is 356. The summed E-state index contributed by atoms with van der Waals surface area (Å²) >= 11 is 0. The molecule has 0 aliphatic carbocycles. The van der Waals surface area contributed by atoms with Crippen LogP contribution in [-0.2, 0) is 6.54 Å². The molecular weight excluding hydrogens is 226 g/mol. The molecule has 1 fully saturated rings. The van der Waals surface area contributed by atoms with Gasteiger partial charge in [-0.2, -0.15) is 0 Å². The van der Waals surface area contributed by atoms with Crippen molar-refractivity contribution in [2.24, 2.45) is 5.92 Å². The lowest BCUT2D eigenvalue weighted by Crippen LogP contribution is -2.35. The van der Waals surface area contributed by atoms with Gasteiger partial charge in [0.25, 0.3) is 0 Å². The highest BCUT2D eigenvalue weighted by molar-refractivity contribution is 5.22. The molecule has 0 saturated carbocycles. The Morgan fingerprint density at radius 1 is 1.33 bits per heavy atom. The summed E-state index contributed by atoms with van der Waals surface area (Å²) in [5.74, 6) is 1.30. The molecule has 5 heteroatoms. The standard InChI is InChI=1S/C13H23N5/c1-17-5-3-11(4-6-17)9-18(2)10-12-7-16-13(14)8-15-12/h7-8,11H,3-6,9-10H2,1-2H3,(H2,14,16). The van der Waals surface area contributed by atoms with E-state index in [0.29, 0.717) is 5.82 Å². The van der Waals surface area contributed by atoms with Crippen molar-refractivity contribution in [2.75, 3.05) is 39.5 Å². The Morgan fingerprint density at radius 3 is 2.67 bits per heavy atom. The summed E-state index contributed by atoms with van der Waals surface area (Å²) < 4.78 is 0. The van der Waals surface area contributed by atoms with Crippen LogP contribution in [0.5, 0.6) is 0 Å². The van der Waals surface area contributed by atoms with Gasteiger partial charge < -0.3 is 15.5 Å². The van der Waals surface area contributed by atoms with Gasteiger partial charge in [-0.3, -0.25) is 4.98 Å². The van der Waals surface area contributed by atoms with Gasteiger partial charge in [-0.05, 0) is 45.9 Å². The van der Waals surface area contributed by atoms with Crippen molar-refractivity contribution in [1.29, 1.82) is 0 Å². The molecule has 5 nitrogen and oxygen atoms in total. The predicted molar refractivity (Wildman–Crippen MR) is 73.0 cm³/mol. The Hall–Kier alpha value is -1.20. The summed E-state index contributed by atoms with van der Waals surface area (Å²) in [6, 6.07) is 0. The quantitative estimate of drug-likeness (QED) is 0.856. The monoisotopic (exact) mass is 249 g/mol. The van der Waals surface area contributed by atoms with Gasteiger partial charge in [0.1, 0.15) is 5.82 Å². The summed E-state index contributed by atoms with van der Waals surface area (Å²) in [4.78, 5) is 13.1. The van der Waals surface area contributed by atoms with Gasteiger partial charge in [0.15, 0.2) is 0 Å². The van der Waals surface area contributed by atoms with Crippen LogP contribution in [0.15, 0.2) is 12.4 Å². The molecule has 0 amide bonds. The topological polar surface area (TPSA) is 58.3 Å². The lowest BCUT2D eigenvalue weighted by Gasteiger charge is -2.31. The van der Waals surface area contributed by atoms with E-state index in [-0.39, 0.29) is 0 Å². The van der Waals surface area contributed by atoms with E-state index in [1.807, 2.05) is 0 Å². The maximum Gasteiger partial charge on any atom is 0.141 e. The number of rotatable bonds is 4. The van der Waals surface area contributed by atoms with Crippen molar-refractivity contribution in [3.8, 4) is 0 Å². The SMILES string of the molecule is CN1CCC(CN(C)Cc2cnc(N)cn2)CC1. The van der Waals surface area contributed by atoms with Crippen LogP contribution in [0.3, 0.4) is 0 Å². The van der Waals surface area contributed by atoms with E-state index in [2.05, 4.69) is 33.9 Å². The zero-order valence-corrected chi connectivity index (χ0v) is 11.3. The molecular formula is C13H23N5. The molecule has 2 N–H and O–H groups in total. The number of hydrogen-bond acceptors (Lipinski definition) is 5. The average molecular weight is 249 g/mol. The Morgan fingerprint density at radius 2 is 2.06 bits per heavy atom. The van der Waals surface area contributed by atoms with Gasteiger partial charge in [-0.25, -0.2) is 4.98 Å². The largest absolute Gasteiger partial charge is 0.382 e. The van der Waals surface area contributed by atoms with Crippen LogP contribution in [-0.4, -0.2) is 53.5 Å². The molecule has 100 valence electrons. The zero-order valence-electron chi connectivity index (χ0n) is 11.3. The summed E-state index contributed by atoms with van der Waals surface area (Å²) in [6.45, 7) is 4.43. The molecule has 2 rings (SSSR count). The van der Waals surface area contributed by atoms with Gasteiger partial charge in [0.05, 0.1) is 18.1 Å². The Balaban J connectivity index is 1.78. The van der Waals surface area contributed by atoms with Crippen LogP contribution in [0, 0.1) is 5.92 Å². The molecule has 1 aliphatic heterocycles. The van der Waals surface area contributed by atoms with Crippen LogP contribution in [0.1, 0.15) is 18.5 Å². The summed E-state index contributed by atoms with van der Waals surface area (Å²) in [7, 11) is 4.35. The molecule has 0 bridgehead atoms. The first-order chi connectivity index (χ1) is 8.63. The molecule has 18 heavy (non-hydrogen) atoms. The number of hydrogen-bond donors (Lipinski definition) is 1. The molecule has 1 aromatic rings. The van der Waals surface area contributed by atoms with Crippen LogP contribution in [0.25, 0.3) is 0 Å². The minimum atomic E-state index is 0.483. The number of nitrogen functional groups attached to an aromatic ring is 1. The molecule has 0 atom stereocenters. The van der Waals surface area contributed by atoms with Crippen LogP contribution < -0.4 is 5.73 Å². The second-order valence-corrected chi connectivity index (χ2v) is 5.38. The van der Waals surface area contributed by atoms with E-state index in [9.17, 15) is 0 Å². The smallest absolute Gasteiger partial charge is 0.141 e. The maximum atomic E-state index is 5.53. The average Bonchev–Trinajstić information content (AvgIpc) is 2.35. The molecule has 0 spiro atoms. The fraction of sp³-hybridized carbons (Fsp3) is 0.692. The van der Waals surface area contributed by atoms with Crippen molar-refractivity contribution in [3.05, 3.63) is 18.1 Å². The highest BCUT2D eigenvalue weighted by Gasteiger charge is 2.18. The molecule has 1 aliphatic rings. The fourth-order valence-corrected chi connectivity index (χ4v) is 2.47. The van der Waals surface area contributed by atoms with E-state index < -0.39 is 0 Å². The Labute approximate surface area is 109 Å². The maximum absolute atomic E-state index is 5.53. The lowest BCUT2D eigenvalue weighted by atomic mass is 9.97. The third-order valence-corrected chi connectivity index (χ3v) is 3.57. The van der Waals surface area contributed by atoms with Gasteiger partial charge >= 0.3 is 0 Å². The number of anilines is 1. The second-order valence-electron chi connectivity index (χ2n) is 5.38. The number of likely N-dealkylation sites (tertiary alicyclic amines) is 1. The molecule has 2 heterocycles. The number of piperidine rings is 1. The Kier molecular flexibility index (Phi) is 4.49. The van der Waals surface area contributed by atoms with E-state index in [1.54, 1.807) is 12.4 Å². The summed E-state index contributed by atoms with van der Waals surface area (Å²) in [6.07, 6.45) is 5.99. The lowest BCUT2D eigenvalue weighted by molar-refractivity contribution is 0.172. The summed E-state index contributed by atoms with van der Waals surface area (Å²) in [5.41, 5.74) is 6.51. The van der Waals surface area contributed by atoms with E-state index in [4.69, 9.17) is 5.73 Å². The van der Waals surface area contributed by atoms with Gasteiger partial charge in [-0.15, -0.1) is 0 Å². The molecule has 0 aromatic carbocycles. The van der Waals surface area contributed by atoms with Gasteiger partial charge in [0.2, 0.25) is 0 Å². The normalized spacial score (nSPS) is 18.4. The van der Waals surface area contributed by atoms with Crippen molar-refractivity contribution in [3.63, 3.8) is 0 Å². The van der Waals surface area contributed by atoms with Gasteiger partial charge in [0, 0.05) is 13.1 Å². The third-order valence-electron chi connectivity index (χ3n) is 3.57. The first-order valence-electron chi connectivity index (χ1n) is 6.57. The van der Waals surface area contributed by atoms with Crippen LogP contribution >= 0.6 is 0 Å². The molecule has 0 unspecified atom stereocenters. The number of nitrogens with two attached hydrogens (primary N) is 1. The van der Waals surface area contributed by atoms with E-state index in [1.165, 1.54) is 25.9 Å². The second kappa shape index (κ2) is 6.11. The highest BCUT2D eigenvalue weighted by Crippen LogP contribution is 2.17. The molecule has 0 radical (unpaired) electrons. The van der Waals surface area contributed by atoms with Crippen LogP contribution in [0.4, 0.5) is 5.82 Å². The third kappa shape index (κ3) is 3.92. The molecule has 1 aromatic heterocycles. The minimum absolute atomic E-state index is 0.483. The zero-order chi connectivity index (χ0) is 13.0. The fourth-order valence-electron chi connectivity index (χ4n) is 2.47. The van der Waals surface area contributed by atoms with Crippen molar-refractivity contribution in [2.45, 2.75) is 19.4 Å². The summed E-state index contributed by atoms with van der Waals surface area (Å²) in [5, 5.41) is 0.